The first-order chi connectivity index (χ1) is 10.0. The summed E-state index contributed by atoms with van der Waals surface area (Å²) in [6.45, 7) is 1.33. The summed E-state index contributed by atoms with van der Waals surface area (Å²) < 4.78 is 64.9. The zero-order valence-corrected chi connectivity index (χ0v) is 13.0. The molecular formula is C12H11ClF3N3O2S. The van der Waals surface area contributed by atoms with Crippen LogP contribution in [0, 0.1) is 0 Å². The third kappa shape index (κ3) is 2.95. The van der Waals surface area contributed by atoms with Crippen molar-refractivity contribution in [1.82, 2.24) is 14.8 Å². The Labute approximate surface area is 129 Å². The van der Waals surface area contributed by atoms with E-state index in [-0.39, 0.29) is 5.82 Å². The van der Waals surface area contributed by atoms with E-state index in [4.69, 9.17) is 11.6 Å². The zero-order chi connectivity index (χ0) is 16.7. The van der Waals surface area contributed by atoms with Crippen molar-refractivity contribution in [3.63, 3.8) is 0 Å². The smallest absolute Gasteiger partial charge is 0.320 e. The number of benzene rings is 1. The van der Waals surface area contributed by atoms with Crippen LogP contribution in [0.15, 0.2) is 29.4 Å². The second kappa shape index (κ2) is 5.54. The maximum absolute atomic E-state index is 12.8. The van der Waals surface area contributed by atoms with Gasteiger partial charge in [0.05, 0.1) is 15.5 Å². The van der Waals surface area contributed by atoms with Gasteiger partial charge in [-0.15, -0.1) is 10.2 Å². The molecule has 0 spiro atoms. The summed E-state index contributed by atoms with van der Waals surface area (Å²) in [7, 11) is -2.52. The Morgan fingerprint density at radius 2 is 1.95 bits per heavy atom. The maximum atomic E-state index is 12.8. The average Bonchev–Trinajstić information content (AvgIpc) is 2.82. The van der Waals surface area contributed by atoms with E-state index in [0.29, 0.717) is 6.07 Å². The number of hydrogen-bond acceptors (Lipinski definition) is 4. The minimum atomic E-state index is -4.74. The fourth-order valence-corrected chi connectivity index (χ4v) is 3.57. The van der Waals surface area contributed by atoms with E-state index < -0.39 is 36.7 Å². The predicted octanol–water partition coefficient (Wildman–Crippen LogP) is 3.02. The van der Waals surface area contributed by atoms with E-state index in [9.17, 15) is 21.6 Å². The normalized spacial score (nSPS) is 14.1. The Hall–Kier alpha value is -1.61. The van der Waals surface area contributed by atoms with Crippen LogP contribution in [-0.2, 0) is 23.1 Å². The van der Waals surface area contributed by atoms with E-state index >= 15 is 0 Å². The highest BCUT2D eigenvalue weighted by Gasteiger charge is 2.36. The second-order valence-corrected chi connectivity index (χ2v) is 7.30. The van der Waals surface area contributed by atoms with E-state index in [2.05, 4.69) is 10.2 Å². The number of sulfone groups is 1. The number of nitrogens with zero attached hydrogens (tertiary/aromatic N) is 3. The van der Waals surface area contributed by atoms with Crippen LogP contribution in [0.3, 0.4) is 0 Å². The number of halogens is 4. The zero-order valence-electron chi connectivity index (χ0n) is 11.5. The van der Waals surface area contributed by atoms with Crippen molar-refractivity contribution in [3.05, 3.63) is 40.9 Å². The molecule has 0 amide bonds. The molecule has 10 heteroatoms. The Morgan fingerprint density at radius 1 is 1.32 bits per heavy atom. The minimum absolute atomic E-state index is 0.128. The van der Waals surface area contributed by atoms with Gasteiger partial charge in [-0.05, 0) is 25.1 Å². The van der Waals surface area contributed by atoms with Crippen LogP contribution < -0.4 is 0 Å². The molecule has 2 rings (SSSR count). The lowest BCUT2D eigenvalue weighted by molar-refractivity contribution is -0.137. The lowest BCUT2D eigenvalue weighted by Gasteiger charge is -2.15. The summed E-state index contributed by atoms with van der Waals surface area (Å²) in [5, 5.41) is 5.54. The van der Waals surface area contributed by atoms with Crippen molar-refractivity contribution in [2.75, 3.05) is 0 Å². The number of aromatic nitrogens is 3. The van der Waals surface area contributed by atoms with Crippen LogP contribution in [-0.4, -0.2) is 23.2 Å². The molecule has 5 nitrogen and oxygen atoms in total. The molecule has 0 bridgehead atoms. The van der Waals surface area contributed by atoms with Crippen molar-refractivity contribution in [3.8, 4) is 0 Å². The second-order valence-electron chi connectivity index (χ2n) is 4.63. The SMILES string of the molecule is CC(c1nncn1C)S(=O)(=O)c1ccc(Cl)c(C(F)(F)F)c1. The summed E-state index contributed by atoms with van der Waals surface area (Å²) in [4.78, 5) is -0.472. The fraction of sp³-hybridized carbons (Fsp3) is 0.333. The molecule has 0 radical (unpaired) electrons. The Bertz CT molecular complexity index is 802. The highest BCUT2D eigenvalue weighted by molar-refractivity contribution is 7.91. The van der Waals surface area contributed by atoms with Gasteiger partial charge >= 0.3 is 6.18 Å². The van der Waals surface area contributed by atoms with Gasteiger partial charge in [-0.25, -0.2) is 8.42 Å². The Kier molecular flexibility index (Phi) is 4.22. The van der Waals surface area contributed by atoms with Crippen molar-refractivity contribution in [2.24, 2.45) is 7.05 Å². The van der Waals surface area contributed by atoms with E-state index in [1.807, 2.05) is 0 Å². The Morgan fingerprint density at radius 3 is 2.45 bits per heavy atom. The molecule has 0 aliphatic rings. The summed E-state index contributed by atoms with van der Waals surface area (Å²) in [6, 6.07) is 2.49. The molecule has 0 saturated carbocycles. The molecule has 1 unspecified atom stereocenters. The van der Waals surface area contributed by atoms with Crippen molar-refractivity contribution >= 4 is 21.4 Å². The molecule has 22 heavy (non-hydrogen) atoms. The summed E-state index contributed by atoms with van der Waals surface area (Å²) in [5.74, 6) is 0.128. The minimum Gasteiger partial charge on any atom is -0.320 e. The standard InChI is InChI=1S/C12H11ClF3N3O2S/c1-7(11-18-17-6-19(11)2)22(20,21)8-3-4-10(13)9(5-8)12(14,15)16/h3-7H,1-2H3. The van der Waals surface area contributed by atoms with E-state index in [1.54, 1.807) is 7.05 Å². The van der Waals surface area contributed by atoms with Gasteiger partial charge in [-0.1, -0.05) is 11.6 Å². The largest absolute Gasteiger partial charge is 0.417 e. The molecular weight excluding hydrogens is 343 g/mol. The number of alkyl halides is 3. The average molecular weight is 354 g/mol. The molecule has 0 aliphatic heterocycles. The molecule has 2 aromatic rings. The van der Waals surface area contributed by atoms with Gasteiger partial charge in [0.15, 0.2) is 15.7 Å². The third-order valence-electron chi connectivity index (χ3n) is 3.15. The van der Waals surface area contributed by atoms with E-state index in [0.717, 1.165) is 12.1 Å². The topological polar surface area (TPSA) is 64.8 Å². The highest BCUT2D eigenvalue weighted by atomic mass is 35.5. The first-order valence-electron chi connectivity index (χ1n) is 5.99. The molecule has 1 atom stereocenters. The Balaban J connectivity index is 2.53. The van der Waals surface area contributed by atoms with Crippen LogP contribution in [0.4, 0.5) is 13.2 Å². The maximum Gasteiger partial charge on any atom is 0.417 e. The molecule has 0 N–H and O–H groups in total. The third-order valence-corrected chi connectivity index (χ3v) is 5.53. The lowest BCUT2D eigenvalue weighted by atomic mass is 10.2. The quantitative estimate of drug-likeness (QED) is 0.850. The molecule has 0 fully saturated rings. The summed E-state index contributed by atoms with van der Waals surface area (Å²) in [5.41, 5.74) is -1.19. The molecule has 1 aromatic heterocycles. The first-order valence-corrected chi connectivity index (χ1v) is 7.92. The molecule has 1 aromatic carbocycles. The van der Waals surface area contributed by atoms with E-state index in [1.165, 1.54) is 17.8 Å². The van der Waals surface area contributed by atoms with Gasteiger partial charge in [0.25, 0.3) is 0 Å². The van der Waals surface area contributed by atoms with Gasteiger partial charge in [0, 0.05) is 7.05 Å². The molecule has 0 aliphatic carbocycles. The highest BCUT2D eigenvalue weighted by Crippen LogP contribution is 2.37. The number of hydrogen-bond donors (Lipinski definition) is 0. The van der Waals surface area contributed by atoms with Crippen LogP contribution in [0.2, 0.25) is 5.02 Å². The lowest BCUT2D eigenvalue weighted by Crippen LogP contribution is -2.16. The van der Waals surface area contributed by atoms with Gasteiger partial charge in [0.2, 0.25) is 0 Å². The van der Waals surface area contributed by atoms with Crippen LogP contribution in [0.1, 0.15) is 23.6 Å². The fourth-order valence-electron chi connectivity index (χ4n) is 1.90. The van der Waals surface area contributed by atoms with Crippen molar-refractivity contribution in [2.45, 2.75) is 23.2 Å². The monoisotopic (exact) mass is 353 g/mol. The molecule has 1 heterocycles. The van der Waals surface area contributed by atoms with Crippen molar-refractivity contribution < 1.29 is 21.6 Å². The first kappa shape index (κ1) is 16.8. The summed E-state index contributed by atoms with van der Waals surface area (Å²) >= 11 is 5.49. The van der Waals surface area contributed by atoms with Crippen LogP contribution in [0.25, 0.3) is 0 Å². The van der Waals surface area contributed by atoms with Crippen LogP contribution >= 0.6 is 11.6 Å². The molecule has 120 valence electrons. The number of aryl methyl sites for hydroxylation is 1. The predicted molar refractivity (Wildman–Crippen MR) is 73.1 cm³/mol. The van der Waals surface area contributed by atoms with Gasteiger partial charge < -0.3 is 4.57 Å². The van der Waals surface area contributed by atoms with Gasteiger partial charge in [-0.3, -0.25) is 0 Å². The summed E-state index contributed by atoms with van der Waals surface area (Å²) in [6.07, 6.45) is -3.43. The number of rotatable bonds is 3. The van der Waals surface area contributed by atoms with Gasteiger partial charge in [-0.2, -0.15) is 13.2 Å². The van der Waals surface area contributed by atoms with Gasteiger partial charge in [0.1, 0.15) is 11.6 Å². The van der Waals surface area contributed by atoms with Crippen LogP contribution in [0.5, 0.6) is 0 Å². The molecule has 0 saturated heterocycles. The van der Waals surface area contributed by atoms with Crippen molar-refractivity contribution in [1.29, 1.82) is 0 Å².